The minimum absolute atomic E-state index is 0.0918. The highest BCUT2D eigenvalue weighted by Crippen LogP contribution is 2.27. The lowest BCUT2D eigenvalue weighted by Crippen LogP contribution is -2.65. The van der Waals surface area contributed by atoms with Crippen LogP contribution in [0.3, 0.4) is 0 Å². The van der Waals surface area contributed by atoms with Gasteiger partial charge in [-0.2, -0.15) is 8.78 Å². The predicted octanol–water partition coefficient (Wildman–Crippen LogP) is 2.27. The highest BCUT2D eigenvalue weighted by Gasteiger charge is 2.41. The maximum atomic E-state index is 12.1. The molecule has 0 aliphatic carbocycles. The summed E-state index contributed by atoms with van der Waals surface area (Å²) in [6.07, 6.45) is 0.658. The summed E-state index contributed by atoms with van der Waals surface area (Å²) in [5.41, 5.74) is 0.278. The fourth-order valence-corrected chi connectivity index (χ4v) is 3.20. The molecule has 9 nitrogen and oxygen atoms in total. The van der Waals surface area contributed by atoms with E-state index in [1.165, 1.54) is 17.0 Å². The molecule has 1 amide bonds. The molecule has 4 N–H and O–H groups in total. The van der Waals surface area contributed by atoms with Crippen molar-refractivity contribution in [2.24, 2.45) is 0 Å². The SMILES string of the molecule is CC1CNCC(C)(Cc2ccc(OC(F)F)cc2)N1C(=O)O.O=C(O)C=CC(=O)O. The molecule has 1 aromatic rings. The molecule has 1 fully saturated rings. The molecule has 1 aliphatic heterocycles. The van der Waals surface area contributed by atoms with Gasteiger partial charge in [-0.05, 0) is 38.0 Å². The van der Waals surface area contributed by atoms with E-state index in [1.807, 2.05) is 13.8 Å². The summed E-state index contributed by atoms with van der Waals surface area (Å²) in [4.78, 5) is 32.1. The number of ether oxygens (including phenoxy) is 1. The molecule has 2 rings (SSSR count). The number of rotatable bonds is 6. The quantitative estimate of drug-likeness (QED) is 0.505. The molecule has 30 heavy (non-hydrogen) atoms. The second-order valence-corrected chi connectivity index (χ2v) is 6.84. The summed E-state index contributed by atoms with van der Waals surface area (Å²) in [5, 5.41) is 28.3. The molecule has 11 heteroatoms. The van der Waals surface area contributed by atoms with E-state index >= 15 is 0 Å². The third-order valence-electron chi connectivity index (χ3n) is 4.28. The highest BCUT2D eigenvalue weighted by molar-refractivity contribution is 5.89. The van der Waals surface area contributed by atoms with E-state index in [9.17, 15) is 28.3 Å². The van der Waals surface area contributed by atoms with Crippen molar-refractivity contribution < 1.29 is 43.2 Å². The Hall–Kier alpha value is -3.21. The number of carboxylic acids is 2. The van der Waals surface area contributed by atoms with Gasteiger partial charge in [0.15, 0.2) is 0 Å². The standard InChI is InChI=1S/C15H20F2N2O3.C4H4O4/c1-10-8-18-9-15(2,19(10)14(20)21)7-11-3-5-12(6-4-11)22-13(16)17;5-3(6)1-2-4(7)8/h3-6,10,13,18H,7-9H2,1-2H3,(H,20,21);1-2H,(H,5,6)(H,7,8). The van der Waals surface area contributed by atoms with Gasteiger partial charge < -0.3 is 25.4 Å². The maximum absolute atomic E-state index is 12.1. The molecule has 166 valence electrons. The summed E-state index contributed by atoms with van der Waals surface area (Å²) in [6.45, 7) is 2.04. The van der Waals surface area contributed by atoms with Gasteiger partial charge >= 0.3 is 24.6 Å². The number of hydrogen-bond donors (Lipinski definition) is 4. The highest BCUT2D eigenvalue weighted by atomic mass is 19.3. The summed E-state index contributed by atoms with van der Waals surface area (Å²) >= 11 is 0. The number of nitrogens with zero attached hydrogens (tertiary/aromatic N) is 1. The van der Waals surface area contributed by atoms with Crippen molar-refractivity contribution in [1.82, 2.24) is 10.2 Å². The lowest BCUT2D eigenvalue weighted by molar-refractivity contribution is -0.134. The van der Waals surface area contributed by atoms with Gasteiger partial charge in [0.2, 0.25) is 0 Å². The van der Waals surface area contributed by atoms with Crippen molar-refractivity contribution in [3.05, 3.63) is 42.0 Å². The molecule has 0 spiro atoms. The number of halogens is 2. The number of benzene rings is 1. The van der Waals surface area contributed by atoms with E-state index in [0.717, 1.165) is 5.56 Å². The van der Waals surface area contributed by atoms with Crippen molar-refractivity contribution in [3.8, 4) is 5.75 Å². The summed E-state index contributed by atoms with van der Waals surface area (Å²) in [7, 11) is 0. The Bertz CT molecular complexity index is 755. The van der Waals surface area contributed by atoms with Crippen LogP contribution in [0.25, 0.3) is 0 Å². The summed E-state index contributed by atoms with van der Waals surface area (Å²) in [6, 6.07) is 6.17. The monoisotopic (exact) mass is 430 g/mol. The van der Waals surface area contributed by atoms with E-state index in [4.69, 9.17) is 10.2 Å². The Morgan fingerprint density at radius 2 is 1.73 bits per heavy atom. The first kappa shape index (κ1) is 24.8. The second kappa shape index (κ2) is 11.1. The van der Waals surface area contributed by atoms with Crippen LogP contribution < -0.4 is 10.1 Å². The van der Waals surface area contributed by atoms with Gasteiger partial charge in [0, 0.05) is 31.3 Å². The molecule has 1 aliphatic rings. The van der Waals surface area contributed by atoms with Gasteiger partial charge in [-0.15, -0.1) is 0 Å². The van der Waals surface area contributed by atoms with Gasteiger partial charge in [0.05, 0.1) is 5.54 Å². The average molecular weight is 430 g/mol. The van der Waals surface area contributed by atoms with Crippen molar-refractivity contribution in [2.75, 3.05) is 13.1 Å². The average Bonchev–Trinajstić information content (AvgIpc) is 2.61. The van der Waals surface area contributed by atoms with E-state index in [1.54, 1.807) is 12.1 Å². The van der Waals surface area contributed by atoms with Crippen LogP contribution in [0.1, 0.15) is 19.4 Å². The van der Waals surface area contributed by atoms with Crippen molar-refractivity contribution in [2.45, 2.75) is 38.5 Å². The Balaban J connectivity index is 0.000000479. The lowest BCUT2D eigenvalue weighted by Gasteiger charge is -2.47. The molecule has 0 bridgehead atoms. The molecule has 2 atom stereocenters. The molecular weight excluding hydrogens is 406 g/mol. The first-order valence-corrected chi connectivity index (χ1v) is 8.85. The van der Waals surface area contributed by atoms with E-state index in [-0.39, 0.29) is 11.8 Å². The van der Waals surface area contributed by atoms with Gasteiger partial charge in [-0.1, -0.05) is 12.1 Å². The summed E-state index contributed by atoms with van der Waals surface area (Å²) < 4.78 is 28.6. The van der Waals surface area contributed by atoms with Gasteiger partial charge in [-0.25, -0.2) is 14.4 Å². The summed E-state index contributed by atoms with van der Waals surface area (Å²) in [5.74, 6) is -2.42. The Labute approximate surface area is 171 Å². The minimum Gasteiger partial charge on any atom is -0.478 e. The number of aliphatic carboxylic acids is 2. The number of nitrogens with one attached hydrogen (secondary N) is 1. The van der Waals surface area contributed by atoms with Gasteiger partial charge in [-0.3, -0.25) is 4.90 Å². The maximum Gasteiger partial charge on any atom is 0.408 e. The topological polar surface area (TPSA) is 136 Å². The van der Waals surface area contributed by atoms with Gasteiger partial charge in [0.25, 0.3) is 0 Å². The first-order valence-electron chi connectivity index (χ1n) is 8.85. The Morgan fingerprint density at radius 1 is 1.20 bits per heavy atom. The zero-order valence-corrected chi connectivity index (χ0v) is 16.4. The van der Waals surface area contributed by atoms with Crippen LogP contribution in [-0.2, 0) is 16.0 Å². The van der Waals surface area contributed by atoms with Crippen molar-refractivity contribution in [3.63, 3.8) is 0 Å². The second-order valence-electron chi connectivity index (χ2n) is 6.84. The van der Waals surface area contributed by atoms with Crippen molar-refractivity contribution in [1.29, 1.82) is 0 Å². The van der Waals surface area contributed by atoms with Crippen LogP contribution in [0.4, 0.5) is 13.6 Å². The molecule has 0 saturated carbocycles. The van der Waals surface area contributed by atoms with Crippen molar-refractivity contribution >= 4 is 18.0 Å². The van der Waals surface area contributed by atoms with Gasteiger partial charge in [0.1, 0.15) is 5.75 Å². The molecule has 1 saturated heterocycles. The fraction of sp³-hybridized carbons (Fsp3) is 0.421. The number of carboxylic acid groups (broad SMARTS) is 3. The van der Waals surface area contributed by atoms with Crippen LogP contribution >= 0.6 is 0 Å². The minimum atomic E-state index is -2.85. The number of amides is 1. The van der Waals surface area contributed by atoms with Crippen LogP contribution in [0.2, 0.25) is 0 Å². The molecule has 0 aromatic heterocycles. The third kappa shape index (κ3) is 8.03. The number of alkyl halides is 2. The zero-order chi connectivity index (χ0) is 22.9. The number of piperazine rings is 1. The van der Waals surface area contributed by atoms with Crippen LogP contribution in [0, 0.1) is 0 Å². The third-order valence-corrected chi connectivity index (χ3v) is 4.28. The molecule has 1 heterocycles. The molecule has 0 radical (unpaired) electrons. The number of hydrogen-bond acceptors (Lipinski definition) is 5. The molecule has 2 unspecified atom stereocenters. The molecule has 1 aromatic carbocycles. The largest absolute Gasteiger partial charge is 0.478 e. The Kier molecular flexibility index (Phi) is 9.18. The lowest BCUT2D eigenvalue weighted by atomic mass is 9.87. The first-order chi connectivity index (χ1) is 13.9. The predicted molar refractivity (Wildman–Crippen MR) is 102 cm³/mol. The number of carbonyl (C=O) groups is 3. The van der Waals surface area contributed by atoms with E-state index < -0.39 is 30.2 Å². The normalized spacial score (nSPS) is 21.1. The van der Waals surface area contributed by atoms with E-state index in [2.05, 4.69) is 10.1 Å². The van der Waals surface area contributed by atoms with Crippen LogP contribution in [0.5, 0.6) is 5.75 Å². The fourth-order valence-electron chi connectivity index (χ4n) is 3.20. The Morgan fingerprint density at radius 3 is 2.17 bits per heavy atom. The molecular formula is C19H24F2N2O7. The van der Waals surface area contributed by atoms with Crippen LogP contribution in [0.15, 0.2) is 36.4 Å². The zero-order valence-electron chi connectivity index (χ0n) is 16.4. The van der Waals surface area contributed by atoms with Crippen LogP contribution in [-0.4, -0.2) is 69.5 Å². The smallest absolute Gasteiger partial charge is 0.408 e. The van der Waals surface area contributed by atoms with E-state index in [0.29, 0.717) is 31.7 Å².